The number of fused-ring (bicyclic) bond motifs is 2. The van der Waals surface area contributed by atoms with E-state index in [4.69, 9.17) is 0 Å². The standard InChI is InChI=1S/C36H44N8O3/c1-24-19-25(20-28-23-37-40-33(24)28)21-32(35(46)43-17-15-42(16-18-43)29-9-11-41(2)12-10-29)39-36(47)44-13-7-26(8-14-44)30-22-27-5-3-4-6-31(27)38-34(30)45/h3-6,19-20,22-23,29,32H,7-18,21H2,1-2H3,(H,37,40)(H,39,47)/t32-/m1/s1. The van der Waals surface area contributed by atoms with Crippen LogP contribution in [0.2, 0.25) is 0 Å². The lowest BCUT2D eigenvalue weighted by Gasteiger charge is -2.43. The van der Waals surface area contributed by atoms with Crippen molar-refractivity contribution >= 4 is 34.8 Å². The van der Waals surface area contributed by atoms with Gasteiger partial charge in [-0.05, 0) is 82.1 Å². The van der Waals surface area contributed by atoms with Crippen LogP contribution >= 0.6 is 0 Å². The van der Waals surface area contributed by atoms with Gasteiger partial charge in [-0.25, -0.2) is 9.79 Å². The third-order valence-electron chi connectivity index (χ3n) is 10.4. The van der Waals surface area contributed by atoms with Crippen LogP contribution in [0.1, 0.15) is 36.8 Å². The number of carbonyl (C=O) groups excluding carboxylic acids is 3. The maximum absolute atomic E-state index is 14.1. The lowest BCUT2D eigenvalue weighted by molar-refractivity contribution is -0.135. The van der Waals surface area contributed by atoms with Crippen molar-refractivity contribution in [1.29, 1.82) is 0 Å². The molecule has 0 spiro atoms. The summed E-state index contributed by atoms with van der Waals surface area (Å²) in [6, 6.07) is 11.4. The molecule has 0 unspecified atom stereocenters. The molecule has 3 fully saturated rings. The Labute approximate surface area is 275 Å². The third kappa shape index (κ3) is 6.73. The number of amides is 4. The van der Waals surface area contributed by atoms with E-state index in [9.17, 15) is 14.4 Å². The quantitative estimate of drug-likeness (QED) is 0.413. The molecule has 11 heteroatoms. The van der Waals surface area contributed by atoms with Crippen LogP contribution in [0.3, 0.4) is 0 Å². The minimum atomic E-state index is -0.690. The monoisotopic (exact) mass is 636 g/mol. The Bertz CT molecular complexity index is 1820. The van der Waals surface area contributed by atoms with E-state index in [0.29, 0.717) is 62.4 Å². The summed E-state index contributed by atoms with van der Waals surface area (Å²) in [5.41, 5.74) is 4.69. The molecule has 5 heterocycles. The van der Waals surface area contributed by atoms with Gasteiger partial charge in [-0.15, -0.1) is 0 Å². The average Bonchev–Trinajstić information content (AvgIpc) is 3.57. The van der Waals surface area contributed by atoms with Crippen LogP contribution in [-0.4, -0.2) is 119 Å². The second-order valence-corrected chi connectivity index (χ2v) is 13.5. The van der Waals surface area contributed by atoms with Crippen molar-refractivity contribution in [3.8, 4) is 0 Å². The number of nitrogens with one attached hydrogen (secondary N) is 2. The molecule has 2 aromatic carbocycles. The van der Waals surface area contributed by atoms with Gasteiger partial charge in [-0.3, -0.25) is 19.6 Å². The molecule has 3 saturated heterocycles. The SMILES string of the molecule is Cc1cc(C[C@@H](NC(=O)N2CCC(=C3C=c4ccccc4=NC3=O)CC2)C(=O)N2CCN(C3CCN(C)CC3)CC2)cc2cn[nH]c12. The maximum atomic E-state index is 14.1. The molecule has 1 aromatic heterocycles. The molecule has 0 saturated carbocycles. The van der Waals surface area contributed by atoms with Crippen LogP contribution in [0, 0.1) is 6.92 Å². The molecule has 246 valence electrons. The Morgan fingerprint density at radius 3 is 2.49 bits per heavy atom. The minimum absolute atomic E-state index is 0.0335. The fraction of sp³-hybridized carbons (Fsp3) is 0.472. The molecule has 1 atom stereocenters. The van der Waals surface area contributed by atoms with Crippen molar-refractivity contribution in [3.63, 3.8) is 0 Å². The van der Waals surface area contributed by atoms with Crippen LogP contribution < -0.4 is 15.9 Å². The number of likely N-dealkylation sites (tertiary alicyclic amines) is 2. The van der Waals surface area contributed by atoms with Gasteiger partial charge < -0.3 is 20.0 Å². The van der Waals surface area contributed by atoms with Crippen molar-refractivity contribution < 1.29 is 14.4 Å². The van der Waals surface area contributed by atoms with E-state index in [0.717, 1.165) is 59.0 Å². The molecule has 7 rings (SSSR count). The molecular formula is C36H44N8O3. The number of nitrogens with zero attached hydrogens (tertiary/aromatic N) is 6. The summed E-state index contributed by atoms with van der Waals surface area (Å²) >= 11 is 0. The largest absolute Gasteiger partial charge is 0.338 e. The normalized spacial score (nSPS) is 20.5. The van der Waals surface area contributed by atoms with E-state index in [1.165, 1.54) is 12.8 Å². The van der Waals surface area contributed by atoms with E-state index in [1.807, 2.05) is 42.2 Å². The zero-order chi connectivity index (χ0) is 32.5. The first kappa shape index (κ1) is 31.3. The van der Waals surface area contributed by atoms with Crippen LogP contribution in [0.4, 0.5) is 4.79 Å². The number of rotatable bonds is 5. The maximum Gasteiger partial charge on any atom is 0.318 e. The van der Waals surface area contributed by atoms with Gasteiger partial charge in [0.25, 0.3) is 5.91 Å². The summed E-state index contributed by atoms with van der Waals surface area (Å²) in [5.74, 6) is -0.253. The molecule has 4 amide bonds. The number of urea groups is 1. The molecule has 0 aliphatic carbocycles. The van der Waals surface area contributed by atoms with Crippen molar-refractivity contribution in [2.24, 2.45) is 4.99 Å². The molecule has 0 bridgehead atoms. The fourth-order valence-electron chi connectivity index (χ4n) is 7.59. The zero-order valence-corrected chi connectivity index (χ0v) is 27.4. The number of piperidine rings is 2. The summed E-state index contributed by atoms with van der Waals surface area (Å²) in [7, 11) is 2.18. The zero-order valence-electron chi connectivity index (χ0n) is 27.4. The first-order valence-corrected chi connectivity index (χ1v) is 16.9. The first-order chi connectivity index (χ1) is 22.8. The topological polar surface area (TPSA) is 117 Å². The second-order valence-electron chi connectivity index (χ2n) is 13.5. The molecule has 0 radical (unpaired) electrons. The lowest BCUT2D eigenvalue weighted by Crippen LogP contribution is -2.59. The van der Waals surface area contributed by atoms with Crippen molar-refractivity contribution in [3.05, 3.63) is 75.4 Å². The van der Waals surface area contributed by atoms with E-state index in [1.54, 1.807) is 11.1 Å². The summed E-state index contributed by atoms with van der Waals surface area (Å²) in [5, 5.41) is 13.0. The van der Waals surface area contributed by atoms with Gasteiger partial charge in [-0.1, -0.05) is 29.8 Å². The number of piperazine rings is 1. The van der Waals surface area contributed by atoms with Gasteiger partial charge in [0.15, 0.2) is 0 Å². The predicted molar refractivity (Wildman–Crippen MR) is 180 cm³/mol. The molecule has 11 nitrogen and oxygen atoms in total. The Morgan fingerprint density at radius 1 is 0.979 bits per heavy atom. The predicted octanol–water partition coefficient (Wildman–Crippen LogP) is 1.76. The van der Waals surface area contributed by atoms with E-state index in [-0.39, 0.29) is 17.8 Å². The van der Waals surface area contributed by atoms with Gasteiger partial charge in [0, 0.05) is 67.9 Å². The smallest absolute Gasteiger partial charge is 0.318 e. The van der Waals surface area contributed by atoms with Gasteiger partial charge in [0.1, 0.15) is 6.04 Å². The highest BCUT2D eigenvalue weighted by Crippen LogP contribution is 2.24. The Morgan fingerprint density at radius 2 is 1.72 bits per heavy atom. The number of aryl methyl sites for hydroxylation is 1. The van der Waals surface area contributed by atoms with Gasteiger partial charge in [0.2, 0.25) is 5.91 Å². The van der Waals surface area contributed by atoms with E-state index < -0.39 is 6.04 Å². The van der Waals surface area contributed by atoms with Gasteiger partial charge in [0.05, 0.1) is 17.1 Å². The molecular weight excluding hydrogens is 592 g/mol. The lowest BCUT2D eigenvalue weighted by atomic mass is 9.95. The second kappa shape index (κ2) is 13.4. The highest BCUT2D eigenvalue weighted by atomic mass is 16.2. The van der Waals surface area contributed by atoms with Crippen molar-refractivity contribution in [2.75, 3.05) is 59.4 Å². The molecule has 4 aliphatic rings. The summed E-state index contributed by atoms with van der Waals surface area (Å²) in [6.45, 7) is 8.26. The third-order valence-corrected chi connectivity index (χ3v) is 10.4. The average molecular weight is 637 g/mol. The molecule has 2 N–H and O–H groups in total. The number of hydrogen-bond donors (Lipinski definition) is 2. The number of carbonyl (C=O) groups is 3. The summed E-state index contributed by atoms with van der Waals surface area (Å²) in [4.78, 5) is 53.6. The van der Waals surface area contributed by atoms with Gasteiger partial charge >= 0.3 is 6.03 Å². The Hall–Kier alpha value is -4.35. The number of hydrogen-bond acceptors (Lipinski definition) is 6. The highest BCUT2D eigenvalue weighted by Gasteiger charge is 2.33. The number of aromatic amines is 1. The Kier molecular flexibility index (Phi) is 8.92. The van der Waals surface area contributed by atoms with Crippen LogP contribution in [0.5, 0.6) is 0 Å². The molecule has 3 aromatic rings. The van der Waals surface area contributed by atoms with Crippen LogP contribution in [0.15, 0.2) is 58.7 Å². The first-order valence-electron chi connectivity index (χ1n) is 16.9. The van der Waals surface area contributed by atoms with Crippen molar-refractivity contribution in [1.82, 2.24) is 35.1 Å². The van der Waals surface area contributed by atoms with E-state index in [2.05, 4.69) is 49.5 Å². The number of benzene rings is 2. The molecule has 47 heavy (non-hydrogen) atoms. The van der Waals surface area contributed by atoms with Crippen LogP contribution in [0.25, 0.3) is 17.0 Å². The Balaban J connectivity index is 1.04. The number of para-hydroxylation sites is 1. The van der Waals surface area contributed by atoms with E-state index >= 15 is 0 Å². The summed E-state index contributed by atoms with van der Waals surface area (Å²) < 4.78 is 0. The fourth-order valence-corrected chi connectivity index (χ4v) is 7.59. The number of aromatic nitrogens is 2. The summed E-state index contributed by atoms with van der Waals surface area (Å²) in [6.07, 6.45) is 7.64. The van der Waals surface area contributed by atoms with Crippen LogP contribution in [-0.2, 0) is 16.0 Å². The molecule has 4 aliphatic heterocycles. The minimum Gasteiger partial charge on any atom is -0.338 e. The number of H-pyrrole nitrogens is 1. The highest BCUT2D eigenvalue weighted by molar-refractivity contribution is 6.04. The van der Waals surface area contributed by atoms with Gasteiger partial charge in [-0.2, -0.15) is 5.10 Å². The van der Waals surface area contributed by atoms with Crippen molar-refractivity contribution in [2.45, 2.75) is 51.1 Å².